The summed E-state index contributed by atoms with van der Waals surface area (Å²) in [6, 6.07) is 26.8. The summed E-state index contributed by atoms with van der Waals surface area (Å²) < 4.78 is 1.03. The molecule has 0 aliphatic heterocycles. The molecule has 4 aromatic carbocycles. The van der Waals surface area contributed by atoms with Crippen LogP contribution in [0.5, 0.6) is 0 Å². The van der Waals surface area contributed by atoms with Crippen molar-refractivity contribution in [3.05, 3.63) is 95.8 Å². The number of nitrogen functional groups attached to an aromatic ring is 2. The fraction of sp³-hybridized carbons (Fsp3) is 0.118. The molecular weight excluding hydrogens is 568 g/mol. The standard InChI is InChI=1S/C18H15N5OS.C16H15N3/c1-9-13-7-11(3-5-14(13)22-17(19)20-9)12-4-6-16-15(8-12)23-18(25-16)21-10(2)24;1-10-3-5-12(6-4-10)13-7-8-15-14(9-13)11(2)18-16(17)19-15/h3-8H,1-2H3,(H2,19,20,22)(H,21,23,24);3-9H,1-2H3,(H2,17,18,19). The normalized spacial score (nSPS) is 11.0. The van der Waals surface area contributed by atoms with Gasteiger partial charge in [0.2, 0.25) is 17.8 Å². The molecule has 0 aliphatic carbocycles. The summed E-state index contributed by atoms with van der Waals surface area (Å²) in [5, 5.41) is 5.36. The van der Waals surface area contributed by atoms with Gasteiger partial charge in [0.05, 0.1) is 32.6 Å². The Balaban J connectivity index is 0.000000162. The minimum Gasteiger partial charge on any atom is -0.368 e. The number of fused-ring (bicyclic) bond motifs is 3. The number of benzene rings is 4. The zero-order chi connectivity index (χ0) is 31.0. The van der Waals surface area contributed by atoms with Crippen LogP contribution in [0.25, 0.3) is 54.3 Å². The summed E-state index contributed by atoms with van der Waals surface area (Å²) in [5.74, 6) is 0.490. The number of nitrogens with one attached hydrogen (secondary N) is 1. The quantitative estimate of drug-likeness (QED) is 0.193. The van der Waals surface area contributed by atoms with Gasteiger partial charge in [-0.15, -0.1) is 0 Å². The molecule has 0 fully saturated rings. The monoisotopic (exact) mass is 598 g/mol. The van der Waals surface area contributed by atoms with Crippen molar-refractivity contribution in [1.29, 1.82) is 0 Å². The second kappa shape index (κ2) is 11.7. The zero-order valence-electron chi connectivity index (χ0n) is 24.7. The van der Waals surface area contributed by atoms with Crippen molar-refractivity contribution in [2.45, 2.75) is 27.7 Å². The Hall–Kier alpha value is -5.48. The molecular formula is C34H30N8OS. The van der Waals surface area contributed by atoms with E-state index < -0.39 is 0 Å². The number of carbonyl (C=O) groups is 1. The summed E-state index contributed by atoms with van der Waals surface area (Å²) in [6.07, 6.45) is 0. The lowest BCUT2D eigenvalue weighted by Crippen LogP contribution is -2.04. The van der Waals surface area contributed by atoms with Gasteiger partial charge in [-0.1, -0.05) is 59.4 Å². The van der Waals surface area contributed by atoms with E-state index >= 15 is 0 Å². The number of carbonyl (C=O) groups excluding carboxylic acids is 1. The molecule has 7 rings (SSSR count). The van der Waals surface area contributed by atoms with Gasteiger partial charge in [-0.25, -0.2) is 24.9 Å². The van der Waals surface area contributed by atoms with Gasteiger partial charge in [-0.2, -0.15) is 0 Å². The Labute approximate surface area is 258 Å². The Bertz CT molecular complexity index is 2190. The number of rotatable bonds is 3. The number of anilines is 3. The highest BCUT2D eigenvalue weighted by molar-refractivity contribution is 7.22. The summed E-state index contributed by atoms with van der Waals surface area (Å²) in [6.45, 7) is 7.45. The minimum atomic E-state index is -0.122. The SMILES string of the molecule is CC(=O)Nc1nc2cc(-c3ccc4nc(N)nc(C)c4c3)ccc2s1.Cc1ccc(-c2ccc3nc(N)nc(C)c3c2)cc1. The zero-order valence-corrected chi connectivity index (χ0v) is 25.5. The molecule has 0 radical (unpaired) electrons. The number of nitrogens with two attached hydrogens (primary N) is 2. The van der Waals surface area contributed by atoms with Crippen molar-refractivity contribution >= 4 is 66.3 Å². The number of thiazole rings is 1. The van der Waals surface area contributed by atoms with Gasteiger partial charge in [0.1, 0.15) is 0 Å². The molecule has 10 heteroatoms. The molecule has 44 heavy (non-hydrogen) atoms. The third-order valence-electron chi connectivity index (χ3n) is 7.20. The fourth-order valence-corrected chi connectivity index (χ4v) is 5.92. The van der Waals surface area contributed by atoms with Crippen LogP contribution in [0.2, 0.25) is 0 Å². The predicted octanol–water partition coefficient (Wildman–Crippen LogP) is 7.25. The molecule has 0 atom stereocenters. The van der Waals surface area contributed by atoms with Gasteiger partial charge in [0, 0.05) is 17.7 Å². The molecule has 218 valence electrons. The maximum atomic E-state index is 11.2. The molecule has 0 bridgehead atoms. The number of aryl methyl sites for hydroxylation is 3. The van der Waals surface area contributed by atoms with Crippen LogP contribution >= 0.6 is 11.3 Å². The lowest BCUT2D eigenvalue weighted by molar-refractivity contribution is -0.114. The van der Waals surface area contributed by atoms with E-state index in [1.165, 1.54) is 35.0 Å². The van der Waals surface area contributed by atoms with Gasteiger partial charge < -0.3 is 16.8 Å². The average molecular weight is 599 g/mol. The van der Waals surface area contributed by atoms with E-state index in [1.54, 1.807) is 0 Å². The van der Waals surface area contributed by atoms with Crippen molar-refractivity contribution in [3.63, 3.8) is 0 Å². The van der Waals surface area contributed by atoms with E-state index in [9.17, 15) is 4.79 Å². The highest BCUT2D eigenvalue weighted by Gasteiger charge is 2.10. The maximum absolute atomic E-state index is 11.2. The third-order valence-corrected chi connectivity index (χ3v) is 8.15. The number of nitrogens with zero attached hydrogens (tertiary/aromatic N) is 5. The van der Waals surface area contributed by atoms with Crippen LogP contribution in [0.4, 0.5) is 17.0 Å². The van der Waals surface area contributed by atoms with Crippen LogP contribution in [0.1, 0.15) is 23.9 Å². The summed E-state index contributed by atoms with van der Waals surface area (Å²) in [4.78, 5) is 32.6. The highest BCUT2D eigenvalue weighted by atomic mass is 32.1. The molecule has 0 saturated heterocycles. The number of hydrogen-bond donors (Lipinski definition) is 3. The lowest BCUT2D eigenvalue weighted by Gasteiger charge is -2.06. The van der Waals surface area contributed by atoms with Crippen molar-refractivity contribution < 1.29 is 4.79 Å². The smallest absolute Gasteiger partial charge is 0.223 e. The fourth-order valence-electron chi connectivity index (χ4n) is 5.02. The van der Waals surface area contributed by atoms with Crippen LogP contribution in [0, 0.1) is 20.8 Å². The van der Waals surface area contributed by atoms with Crippen molar-refractivity contribution in [2.75, 3.05) is 16.8 Å². The van der Waals surface area contributed by atoms with Crippen LogP contribution in [0.15, 0.2) is 78.9 Å². The second-order valence-corrected chi connectivity index (χ2v) is 11.6. The van der Waals surface area contributed by atoms with E-state index in [4.69, 9.17) is 11.5 Å². The first kappa shape index (κ1) is 28.6. The third kappa shape index (κ3) is 6.02. The molecule has 7 aromatic rings. The topological polar surface area (TPSA) is 146 Å². The molecule has 0 aliphatic rings. The van der Waals surface area contributed by atoms with Gasteiger partial charge in [0.25, 0.3) is 0 Å². The van der Waals surface area contributed by atoms with E-state index in [2.05, 4.69) is 79.6 Å². The van der Waals surface area contributed by atoms with Crippen LogP contribution in [-0.2, 0) is 4.79 Å². The number of amides is 1. The molecule has 3 heterocycles. The second-order valence-electron chi connectivity index (χ2n) is 10.5. The van der Waals surface area contributed by atoms with E-state index in [-0.39, 0.29) is 11.9 Å². The maximum Gasteiger partial charge on any atom is 0.223 e. The molecule has 1 amide bonds. The predicted molar refractivity (Wildman–Crippen MR) is 180 cm³/mol. The summed E-state index contributed by atoms with van der Waals surface area (Å²) >= 11 is 1.46. The molecule has 0 saturated carbocycles. The Morgan fingerprint density at radius 2 is 1.11 bits per heavy atom. The van der Waals surface area contributed by atoms with Crippen molar-refractivity contribution in [3.8, 4) is 22.3 Å². The first-order valence-corrected chi connectivity index (χ1v) is 14.8. The Morgan fingerprint density at radius 1 is 0.614 bits per heavy atom. The lowest BCUT2D eigenvalue weighted by atomic mass is 10.0. The molecule has 0 spiro atoms. The summed E-state index contributed by atoms with van der Waals surface area (Å²) in [7, 11) is 0. The van der Waals surface area contributed by atoms with Crippen molar-refractivity contribution in [2.24, 2.45) is 0 Å². The Kier molecular flexibility index (Phi) is 7.59. The minimum absolute atomic E-state index is 0.122. The first-order valence-electron chi connectivity index (χ1n) is 14.0. The molecule has 5 N–H and O–H groups in total. The van der Waals surface area contributed by atoms with Gasteiger partial charge in [-0.05, 0) is 79.4 Å². The van der Waals surface area contributed by atoms with E-state index in [0.717, 1.165) is 54.5 Å². The van der Waals surface area contributed by atoms with Crippen LogP contribution in [0.3, 0.4) is 0 Å². The van der Waals surface area contributed by atoms with Crippen LogP contribution in [-0.4, -0.2) is 30.8 Å². The highest BCUT2D eigenvalue weighted by Crippen LogP contribution is 2.32. The van der Waals surface area contributed by atoms with Crippen LogP contribution < -0.4 is 16.8 Å². The van der Waals surface area contributed by atoms with Gasteiger partial charge >= 0.3 is 0 Å². The molecule has 3 aromatic heterocycles. The van der Waals surface area contributed by atoms with E-state index in [0.29, 0.717) is 11.1 Å². The van der Waals surface area contributed by atoms with Crippen molar-refractivity contribution in [1.82, 2.24) is 24.9 Å². The van der Waals surface area contributed by atoms with E-state index in [1.807, 2.05) is 50.2 Å². The average Bonchev–Trinajstić information content (AvgIpc) is 3.38. The molecule has 0 unspecified atom stereocenters. The Morgan fingerprint density at radius 3 is 1.68 bits per heavy atom. The van der Waals surface area contributed by atoms with Gasteiger partial charge in [-0.3, -0.25) is 4.79 Å². The van der Waals surface area contributed by atoms with Gasteiger partial charge in [0.15, 0.2) is 5.13 Å². The summed E-state index contributed by atoms with van der Waals surface area (Å²) in [5.41, 5.74) is 21.5. The number of aromatic nitrogens is 5. The largest absolute Gasteiger partial charge is 0.368 e. The number of hydrogen-bond acceptors (Lipinski definition) is 9. The molecule has 9 nitrogen and oxygen atoms in total. The first-order chi connectivity index (χ1) is 21.1.